The predicted molar refractivity (Wildman–Crippen MR) is 141 cm³/mol. The Labute approximate surface area is 217 Å². The second-order valence-corrected chi connectivity index (χ2v) is 10.9. The highest BCUT2D eigenvalue weighted by atomic mass is 32.2. The molecule has 3 aromatic rings. The number of carbonyl (C=O) groups is 1. The molecule has 1 aromatic heterocycles. The summed E-state index contributed by atoms with van der Waals surface area (Å²) in [6, 6.07) is 17.5. The number of rotatable bonds is 9. The molecule has 0 aliphatic carbocycles. The van der Waals surface area contributed by atoms with Gasteiger partial charge in [-0.15, -0.1) is 0 Å². The van der Waals surface area contributed by atoms with E-state index in [-0.39, 0.29) is 23.0 Å². The van der Waals surface area contributed by atoms with E-state index in [4.69, 9.17) is 14.6 Å². The Hall–Kier alpha value is -3.47. The third-order valence-electron chi connectivity index (χ3n) is 6.23. The zero-order valence-corrected chi connectivity index (χ0v) is 22.0. The van der Waals surface area contributed by atoms with Gasteiger partial charge in [-0.25, -0.2) is 23.3 Å². The summed E-state index contributed by atoms with van der Waals surface area (Å²) in [5, 5.41) is 5.18. The van der Waals surface area contributed by atoms with Gasteiger partial charge in [0.15, 0.2) is 0 Å². The molecule has 0 bridgehead atoms. The first kappa shape index (κ1) is 26.6. The number of para-hydroxylation sites is 1. The number of nitrogens with two attached hydrogens (primary N) is 1. The lowest BCUT2D eigenvalue weighted by Gasteiger charge is -2.27. The Morgan fingerprint density at radius 1 is 1.14 bits per heavy atom. The van der Waals surface area contributed by atoms with Crippen molar-refractivity contribution in [2.45, 2.75) is 43.9 Å². The molecule has 0 radical (unpaired) electrons. The maximum atomic E-state index is 12.6. The number of aromatic nitrogens is 1. The molecule has 10 heteroatoms. The number of anilines is 1. The largest absolute Gasteiger partial charge is 0.459 e. The van der Waals surface area contributed by atoms with Crippen LogP contribution in [0.15, 0.2) is 71.8 Å². The maximum absolute atomic E-state index is 12.6. The molecule has 1 saturated heterocycles. The van der Waals surface area contributed by atoms with Crippen molar-refractivity contribution in [3.63, 3.8) is 0 Å². The van der Waals surface area contributed by atoms with E-state index in [9.17, 15) is 13.2 Å². The Kier molecular flexibility index (Phi) is 8.11. The number of likely N-dealkylation sites (N-methyl/N-ethyl adjacent to an activating group) is 1. The minimum absolute atomic E-state index is 0.0360. The van der Waals surface area contributed by atoms with Crippen LogP contribution in [0.2, 0.25) is 0 Å². The SMILES string of the molecule is CC(C)OC(=O)c1cccnc1N(C)C1CCN(Cc2ccccc2Oc2ccc(S(N)(=O)=O)cc2)C1. The van der Waals surface area contributed by atoms with Crippen LogP contribution >= 0.6 is 0 Å². The second kappa shape index (κ2) is 11.3. The maximum Gasteiger partial charge on any atom is 0.342 e. The molecule has 0 spiro atoms. The number of primary sulfonamides is 1. The Morgan fingerprint density at radius 3 is 2.57 bits per heavy atom. The van der Waals surface area contributed by atoms with Gasteiger partial charge in [0.2, 0.25) is 10.0 Å². The van der Waals surface area contributed by atoms with Gasteiger partial charge in [0.1, 0.15) is 22.9 Å². The number of esters is 1. The quantitative estimate of drug-likeness (QED) is 0.421. The van der Waals surface area contributed by atoms with Crippen LogP contribution in [0.3, 0.4) is 0 Å². The molecule has 0 amide bonds. The van der Waals surface area contributed by atoms with Gasteiger partial charge in [-0.2, -0.15) is 0 Å². The zero-order chi connectivity index (χ0) is 26.6. The molecule has 0 saturated carbocycles. The van der Waals surface area contributed by atoms with Crippen molar-refractivity contribution in [1.82, 2.24) is 9.88 Å². The molecule has 2 aromatic carbocycles. The van der Waals surface area contributed by atoms with Gasteiger partial charge >= 0.3 is 5.97 Å². The molecule has 37 heavy (non-hydrogen) atoms. The zero-order valence-electron chi connectivity index (χ0n) is 21.2. The molecular formula is C27H32N4O5S. The summed E-state index contributed by atoms with van der Waals surface area (Å²) in [5.74, 6) is 1.47. The lowest BCUT2D eigenvalue weighted by Crippen LogP contribution is -2.36. The highest BCUT2D eigenvalue weighted by molar-refractivity contribution is 7.89. The summed E-state index contributed by atoms with van der Waals surface area (Å²) >= 11 is 0. The number of ether oxygens (including phenoxy) is 2. The first-order valence-electron chi connectivity index (χ1n) is 12.1. The van der Waals surface area contributed by atoms with Crippen LogP contribution in [-0.2, 0) is 21.3 Å². The molecule has 1 aliphatic rings. The number of hydrogen-bond acceptors (Lipinski definition) is 8. The fourth-order valence-corrected chi connectivity index (χ4v) is 4.87. The molecule has 1 atom stereocenters. The van der Waals surface area contributed by atoms with E-state index in [1.165, 1.54) is 12.1 Å². The van der Waals surface area contributed by atoms with Crippen LogP contribution in [0.25, 0.3) is 0 Å². The van der Waals surface area contributed by atoms with E-state index >= 15 is 0 Å². The predicted octanol–water partition coefficient (Wildman–Crippen LogP) is 3.80. The first-order valence-corrected chi connectivity index (χ1v) is 13.7. The topological polar surface area (TPSA) is 115 Å². The second-order valence-electron chi connectivity index (χ2n) is 9.34. The molecule has 1 unspecified atom stereocenters. The monoisotopic (exact) mass is 524 g/mol. The van der Waals surface area contributed by atoms with E-state index in [1.54, 1.807) is 30.5 Å². The van der Waals surface area contributed by atoms with Crippen molar-refractivity contribution in [2.24, 2.45) is 5.14 Å². The van der Waals surface area contributed by atoms with E-state index in [0.29, 0.717) is 29.4 Å². The number of carbonyl (C=O) groups excluding carboxylic acids is 1. The van der Waals surface area contributed by atoms with Crippen LogP contribution in [0.5, 0.6) is 11.5 Å². The fourth-order valence-electron chi connectivity index (χ4n) is 4.36. The summed E-state index contributed by atoms with van der Waals surface area (Å²) in [5.41, 5.74) is 1.48. The van der Waals surface area contributed by atoms with E-state index in [2.05, 4.69) is 14.8 Å². The fraction of sp³-hybridized carbons (Fsp3) is 0.333. The van der Waals surface area contributed by atoms with Crippen molar-refractivity contribution < 1.29 is 22.7 Å². The smallest absolute Gasteiger partial charge is 0.342 e. The van der Waals surface area contributed by atoms with Gasteiger partial charge in [-0.1, -0.05) is 18.2 Å². The number of benzene rings is 2. The highest BCUT2D eigenvalue weighted by Gasteiger charge is 2.29. The molecule has 1 fully saturated rings. The Balaban J connectivity index is 1.43. The minimum atomic E-state index is -3.76. The number of sulfonamides is 1. The Morgan fingerprint density at radius 2 is 1.86 bits per heavy atom. The minimum Gasteiger partial charge on any atom is -0.459 e. The van der Waals surface area contributed by atoms with Gasteiger partial charge in [0, 0.05) is 44.5 Å². The van der Waals surface area contributed by atoms with Crippen LogP contribution in [0.4, 0.5) is 5.82 Å². The lowest BCUT2D eigenvalue weighted by molar-refractivity contribution is 0.0378. The van der Waals surface area contributed by atoms with Gasteiger partial charge < -0.3 is 14.4 Å². The van der Waals surface area contributed by atoms with Gasteiger partial charge in [-0.3, -0.25) is 4.90 Å². The molecule has 2 N–H and O–H groups in total. The molecule has 196 valence electrons. The number of hydrogen-bond donors (Lipinski definition) is 1. The third-order valence-corrected chi connectivity index (χ3v) is 7.15. The summed E-state index contributed by atoms with van der Waals surface area (Å²) in [4.78, 5) is 21.5. The van der Waals surface area contributed by atoms with E-state index in [1.807, 2.05) is 45.2 Å². The molecule has 1 aliphatic heterocycles. The van der Waals surface area contributed by atoms with Crippen molar-refractivity contribution in [3.05, 3.63) is 78.0 Å². The highest BCUT2D eigenvalue weighted by Crippen LogP contribution is 2.29. The van der Waals surface area contributed by atoms with Gasteiger partial charge in [-0.05, 0) is 62.7 Å². The standard InChI is InChI=1S/C27H32N4O5S/c1-19(2)35-27(32)24-8-6-15-29-26(24)30(3)21-14-16-31(18-21)17-20-7-4-5-9-25(20)36-22-10-12-23(13-11-22)37(28,33)34/h4-13,15,19,21H,14,16-18H2,1-3H3,(H2,28,33,34). The summed E-state index contributed by atoms with van der Waals surface area (Å²) in [6.45, 7) is 6.01. The lowest BCUT2D eigenvalue weighted by atomic mass is 10.2. The van der Waals surface area contributed by atoms with Crippen LogP contribution < -0.4 is 14.8 Å². The average Bonchev–Trinajstić information content (AvgIpc) is 3.33. The molecule has 4 rings (SSSR count). The van der Waals surface area contributed by atoms with Crippen molar-refractivity contribution >= 4 is 21.8 Å². The van der Waals surface area contributed by atoms with Crippen molar-refractivity contribution in [3.8, 4) is 11.5 Å². The van der Waals surface area contributed by atoms with Crippen molar-refractivity contribution in [1.29, 1.82) is 0 Å². The normalized spacial score (nSPS) is 16.1. The van der Waals surface area contributed by atoms with Gasteiger partial charge in [0.05, 0.1) is 11.0 Å². The van der Waals surface area contributed by atoms with Gasteiger partial charge in [0.25, 0.3) is 0 Å². The van der Waals surface area contributed by atoms with Crippen LogP contribution in [0.1, 0.15) is 36.2 Å². The van der Waals surface area contributed by atoms with Crippen molar-refractivity contribution in [2.75, 3.05) is 25.0 Å². The summed E-state index contributed by atoms with van der Waals surface area (Å²) in [7, 11) is -1.79. The molecular weight excluding hydrogens is 492 g/mol. The van der Waals surface area contributed by atoms with Crippen LogP contribution in [0, 0.1) is 0 Å². The van der Waals surface area contributed by atoms with E-state index in [0.717, 1.165) is 25.1 Å². The number of pyridine rings is 1. The first-order chi connectivity index (χ1) is 17.6. The summed E-state index contributed by atoms with van der Waals surface area (Å²) in [6.07, 6.45) is 2.40. The van der Waals surface area contributed by atoms with E-state index < -0.39 is 10.0 Å². The van der Waals surface area contributed by atoms with Crippen LogP contribution in [-0.4, -0.2) is 56.6 Å². The number of likely N-dealkylation sites (tertiary alicyclic amines) is 1. The average molecular weight is 525 g/mol. The Bertz CT molecular complexity index is 1340. The summed E-state index contributed by atoms with van der Waals surface area (Å²) < 4.78 is 34.5. The molecule has 9 nitrogen and oxygen atoms in total. The molecule has 2 heterocycles. The third kappa shape index (κ3) is 6.65. The number of nitrogens with zero attached hydrogens (tertiary/aromatic N) is 3.